The molecule has 8 nitrogen and oxygen atoms in total. The number of hydrogen-bond acceptors (Lipinski definition) is 4. The first-order valence-electron chi connectivity index (χ1n) is 11.6. The van der Waals surface area contributed by atoms with Crippen LogP contribution in [0.4, 0.5) is 10.1 Å². The third kappa shape index (κ3) is 7.25. The van der Waals surface area contributed by atoms with Crippen LogP contribution >= 0.6 is 0 Å². The van der Waals surface area contributed by atoms with E-state index in [1.165, 1.54) is 37.2 Å². The minimum atomic E-state index is -4.21. The van der Waals surface area contributed by atoms with E-state index in [-0.39, 0.29) is 18.1 Å². The molecule has 2 rings (SSSR count). The Labute approximate surface area is 207 Å². The second-order valence-electron chi connectivity index (χ2n) is 8.52. The van der Waals surface area contributed by atoms with Crippen LogP contribution in [0.15, 0.2) is 48.5 Å². The SMILES string of the molecule is CCCCNC(=O)C(C)N(Cc1ccccc1C)C(=O)CN(c1ccccc1F)S(=O)(=O)N(C)C. The third-order valence-electron chi connectivity index (χ3n) is 5.74. The second kappa shape index (κ2) is 12.6. The number of para-hydroxylation sites is 1. The van der Waals surface area contributed by atoms with Gasteiger partial charge in [0.15, 0.2) is 0 Å². The molecule has 2 amide bonds. The Morgan fingerprint density at radius 2 is 1.69 bits per heavy atom. The molecule has 10 heteroatoms. The van der Waals surface area contributed by atoms with E-state index in [4.69, 9.17) is 0 Å². The summed E-state index contributed by atoms with van der Waals surface area (Å²) < 4.78 is 42.4. The maximum atomic E-state index is 14.6. The fourth-order valence-corrected chi connectivity index (χ4v) is 4.51. The lowest BCUT2D eigenvalue weighted by Crippen LogP contribution is -2.52. The lowest BCUT2D eigenvalue weighted by Gasteiger charge is -2.33. The summed E-state index contributed by atoms with van der Waals surface area (Å²) >= 11 is 0. The average Bonchev–Trinajstić information content (AvgIpc) is 2.82. The highest BCUT2D eigenvalue weighted by Crippen LogP contribution is 2.24. The van der Waals surface area contributed by atoms with Gasteiger partial charge in [0, 0.05) is 27.2 Å². The van der Waals surface area contributed by atoms with Gasteiger partial charge in [-0.3, -0.25) is 9.59 Å². The van der Waals surface area contributed by atoms with Gasteiger partial charge < -0.3 is 10.2 Å². The first-order chi connectivity index (χ1) is 16.5. The molecule has 35 heavy (non-hydrogen) atoms. The molecule has 0 aliphatic heterocycles. The highest BCUT2D eigenvalue weighted by atomic mass is 32.2. The summed E-state index contributed by atoms with van der Waals surface area (Å²) in [5, 5.41) is 2.83. The van der Waals surface area contributed by atoms with Crippen LogP contribution < -0.4 is 9.62 Å². The van der Waals surface area contributed by atoms with Crippen molar-refractivity contribution in [2.45, 2.75) is 46.2 Å². The van der Waals surface area contributed by atoms with Gasteiger partial charge in [-0.25, -0.2) is 8.70 Å². The molecule has 1 N–H and O–H groups in total. The fraction of sp³-hybridized carbons (Fsp3) is 0.440. The molecule has 0 bridgehead atoms. The molecular weight excluding hydrogens is 471 g/mol. The van der Waals surface area contributed by atoms with Gasteiger partial charge in [0.1, 0.15) is 18.4 Å². The Morgan fingerprint density at radius 3 is 2.29 bits per heavy atom. The lowest BCUT2D eigenvalue weighted by atomic mass is 10.1. The van der Waals surface area contributed by atoms with Crippen LogP contribution in [0.2, 0.25) is 0 Å². The number of nitrogens with one attached hydrogen (secondary N) is 1. The second-order valence-corrected chi connectivity index (χ2v) is 10.6. The number of halogens is 1. The molecule has 0 spiro atoms. The van der Waals surface area contributed by atoms with Gasteiger partial charge in [0.2, 0.25) is 11.8 Å². The predicted octanol–water partition coefficient (Wildman–Crippen LogP) is 3.08. The van der Waals surface area contributed by atoms with Crippen molar-refractivity contribution < 1.29 is 22.4 Å². The first-order valence-corrected chi connectivity index (χ1v) is 13.0. The zero-order valence-electron chi connectivity index (χ0n) is 21.0. The van der Waals surface area contributed by atoms with Crippen molar-refractivity contribution in [3.05, 3.63) is 65.5 Å². The average molecular weight is 507 g/mol. The summed E-state index contributed by atoms with van der Waals surface area (Å²) in [4.78, 5) is 27.8. The number of amides is 2. The van der Waals surface area contributed by atoms with Crippen molar-refractivity contribution in [1.82, 2.24) is 14.5 Å². The van der Waals surface area contributed by atoms with Crippen LogP contribution in [0.5, 0.6) is 0 Å². The van der Waals surface area contributed by atoms with Crippen LogP contribution in [0.25, 0.3) is 0 Å². The van der Waals surface area contributed by atoms with E-state index in [0.717, 1.165) is 38.6 Å². The maximum Gasteiger partial charge on any atom is 0.304 e. The molecule has 2 aromatic carbocycles. The largest absolute Gasteiger partial charge is 0.354 e. The van der Waals surface area contributed by atoms with E-state index in [2.05, 4.69) is 5.32 Å². The van der Waals surface area contributed by atoms with E-state index in [1.807, 2.05) is 38.1 Å². The van der Waals surface area contributed by atoms with Crippen molar-refractivity contribution in [1.29, 1.82) is 0 Å². The molecule has 0 saturated carbocycles. The minimum absolute atomic E-state index is 0.0982. The molecule has 0 aliphatic carbocycles. The van der Waals surface area contributed by atoms with Crippen molar-refractivity contribution in [3.8, 4) is 0 Å². The molecule has 2 aromatic rings. The summed E-state index contributed by atoms with van der Waals surface area (Å²) in [6.45, 7) is 5.41. The molecule has 1 atom stereocenters. The van der Waals surface area contributed by atoms with Crippen molar-refractivity contribution in [2.75, 3.05) is 31.5 Å². The summed E-state index contributed by atoms with van der Waals surface area (Å²) in [6, 6.07) is 11.9. The maximum absolute atomic E-state index is 14.6. The van der Waals surface area contributed by atoms with E-state index >= 15 is 0 Å². The topological polar surface area (TPSA) is 90.0 Å². The van der Waals surface area contributed by atoms with Gasteiger partial charge in [0.25, 0.3) is 0 Å². The first kappa shape index (κ1) is 28.3. The summed E-state index contributed by atoms with van der Waals surface area (Å²) in [5.74, 6) is -1.74. The van der Waals surface area contributed by atoms with Gasteiger partial charge in [-0.15, -0.1) is 0 Å². The Morgan fingerprint density at radius 1 is 1.06 bits per heavy atom. The summed E-state index contributed by atoms with van der Waals surface area (Å²) in [6.07, 6.45) is 1.70. The van der Waals surface area contributed by atoms with E-state index < -0.39 is 34.5 Å². The number of benzene rings is 2. The zero-order valence-corrected chi connectivity index (χ0v) is 21.8. The van der Waals surface area contributed by atoms with Crippen molar-refractivity contribution in [2.24, 2.45) is 0 Å². The number of aryl methyl sites for hydroxylation is 1. The van der Waals surface area contributed by atoms with Gasteiger partial charge in [-0.1, -0.05) is 49.7 Å². The third-order valence-corrected chi connectivity index (χ3v) is 7.54. The normalized spacial score (nSPS) is 12.3. The minimum Gasteiger partial charge on any atom is -0.354 e. The number of anilines is 1. The molecule has 0 fully saturated rings. The Balaban J connectivity index is 2.44. The van der Waals surface area contributed by atoms with Gasteiger partial charge in [0.05, 0.1) is 5.69 Å². The fourth-order valence-electron chi connectivity index (χ4n) is 3.45. The van der Waals surface area contributed by atoms with E-state index in [0.29, 0.717) is 6.54 Å². The van der Waals surface area contributed by atoms with Gasteiger partial charge in [-0.05, 0) is 43.5 Å². The molecule has 0 heterocycles. The lowest BCUT2D eigenvalue weighted by molar-refractivity contribution is -0.139. The van der Waals surface area contributed by atoms with Crippen LogP contribution in [-0.2, 0) is 26.3 Å². The quantitative estimate of drug-likeness (QED) is 0.448. The molecule has 0 aromatic heterocycles. The molecule has 0 saturated heterocycles. The summed E-state index contributed by atoms with van der Waals surface area (Å²) in [7, 11) is -1.59. The Kier molecular flexibility index (Phi) is 10.2. The zero-order chi connectivity index (χ0) is 26.2. The monoisotopic (exact) mass is 506 g/mol. The molecule has 0 aliphatic rings. The molecule has 192 valence electrons. The molecule has 0 radical (unpaired) electrons. The summed E-state index contributed by atoms with van der Waals surface area (Å²) in [5.41, 5.74) is 1.50. The number of carbonyl (C=O) groups is 2. The predicted molar refractivity (Wildman–Crippen MR) is 135 cm³/mol. The highest BCUT2D eigenvalue weighted by Gasteiger charge is 2.33. The van der Waals surface area contributed by atoms with Gasteiger partial charge >= 0.3 is 10.2 Å². The highest BCUT2D eigenvalue weighted by molar-refractivity contribution is 7.90. The van der Waals surface area contributed by atoms with E-state index in [1.54, 1.807) is 6.92 Å². The van der Waals surface area contributed by atoms with Crippen LogP contribution in [0.3, 0.4) is 0 Å². The number of hydrogen-bond donors (Lipinski definition) is 1. The molecular formula is C25H35FN4O4S. The number of unbranched alkanes of at least 4 members (excludes halogenated alkanes) is 1. The van der Waals surface area contributed by atoms with Crippen molar-refractivity contribution >= 4 is 27.7 Å². The standard InChI is InChI=1S/C25H35FN4O4S/c1-6-7-16-27-25(32)20(3)29(17-21-13-9-8-12-19(21)2)24(31)18-30(35(33,34)28(4)5)23-15-11-10-14-22(23)26/h8-15,20H,6-7,16-18H2,1-5H3,(H,27,32). The van der Waals surface area contributed by atoms with E-state index in [9.17, 15) is 22.4 Å². The van der Waals surface area contributed by atoms with Crippen molar-refractivity contribution in [3.63, 3.8) is 0 Å². The number of nitrogens with zero attached hydrogens (tertiary/aromatic N) is 3. The Hall–Kier alpha value is -2.98. The Bertz CT molecular complexity index is 1120. The number of rotatable bonds is 12. The number of carbonyl (C=O) groups excluding carboxylic acids is 2. The molecule has 1 unspecified atom stereocenters. The van der Waals surface area contributed by atoms with Crippen LogP contribution in [0, 0.1) is 12.7 Å². The van der Waals surface area contributed by atoms with Gasteiger partial charge in [-0.2, -0.15) is 12.7 Å². The van der Waals surface area contributed by atoms with Crippen LogP contribution in [-0.4, -0.2) is 62.7 Å². The van der Waals surface area contributed by atoms with Crippen LogP contribution in [0.1, 0.15) is 37.8 Å². The smallest absolute Gasteiger partial charge is 0.304 e.